The third-order valence-corrected chi connectivity index (χ3v) is 3.87. The summed E-state index contributed by atoms with van der Waals surface area (Å²) in [5.74, 6) is -0.486. The second-order valence-corrected chi connectivity index (χ2v) is 6.07. The molecule has 6 nitrogen and oxygen atoms in total. The molecule has 0 spiro atoms. The zero-order chi connectivity index (χ0) is 20.7. The van der Waals surface area contributed by atoms with Crippen molar-refractivity contribution in [3.63, 3.8) is 0 Å². The van der Waals surface area contributed by atoms with E-state index in [9.17, 15) is 28.1 Å². The molecule has 2 aromatic rings. The van der Waals surface area contributed by atoms with Crippen LogP contribution in [0.2, 0.25) is 0 Å². The van der Waals surface area contributed by atoms with Crippen molar-refractivity contribution < 1.29 is 27.6 Å². The Morgan fingerprint density at radius 2 is 1.75 bits per heavy atom. The molecule has 2 rings (SSSR count). The summed E-state index contributed by atoms with van der Waals surface area (Å²) in [6.45, 7) is 2.14. The number of nitrogens with zero attached hydrogens (tertiary/aromatic N) is 2. The predicted molar refractivity (Wildman–Crippen MR) is 95.3 cm³/mol. The minimum Gasteiger partial charge on any atom is -0.465 e. The maximum absolute atomic E-state index is 12.7. The van der Waals surface area contributed by atoms with E-state index in [4.69, 9.17) is 4.74 Å². The highest BCUT2D eigenvalue weighted by Gasteiger charge is 2.30. The van der Waals surface area contributed by atoms with Crippen LogP contribution in [-0.4, -0.2) is 28.9 Å². The summed E-state index contributed by atoms with van der Waals surface area (Å²) in [5.41, 5.74) is 0.336. The number of hydrogen-bond donors (Lipinski definition) is 0. The van der Waals surface area contributed by atoms with Gasteiger partial charge in [0.25, 0.3) is 5.69 Å². The third kappa shape index (κ3) is 6.34. The number of hydrogen-bond acceptors (Lipinski definition) is 5. The van der Waals surface area contributed by atoms with Crippen LogP contribution in [0.4, 0.5) is 18.9 Å². The van der Waals surface area contributed by atoms with Crippen LogP contribution < -0.4 is 0 Å². The first kappa shape index (κ1) is 21.4. The maximum atomic E-state index is 12.7. The van der Waals surface area contributed by atoms with Gasteiger partial charge in [-0.3, -0.25) is 19.8 Å². The summed E-state index contributed by atoms with van der Waals surface area (Å²) in [6.07, 6.45) is -4.42. The summed E-state index contributed by atoms with van der Waals surface area (Å²) >= 11 is 0. The number of non-ortho nitro benzene ring substituents is 1. The molecule has 0 heterocycles. The van der Waals surface area contributed by atoms with Gasteiger partial charge in [0.05, 0.1) is 23.6 Å². The molecule has 9 heteroatoms. The molecule has 0 saturated carbocycles. The Balaban J connectivity index is 2.18. The Morgan fingerprint density at radius 1 is 1.11 bits per heavy atom. The van der Waals surface area contributed by atoms with Crippen molar-refractivity contribution in [2.75, 3.05) is 13.2 Å². The Hall–Kier alpha value is -2.94. The highest BCUT2D eigenvalue weighted by atomic mass is 19.4. The molecule has 0 fully saturated rings. The van der Waals surface area contributed by atoms with E-state index in [-0.39, 0.29) is 31.9 Å². The number of carbonyl (C=O) groups excluding carboxylic acids is 1. The first-order valence-corrected chi connectivity index (χ1v) is 8.46. The minimum atomic E-state index is -4.42. The number of halogens is 3. The Kier molecular flexibility index (Phi) is 7.11. The van der Waals surface area contributed by atoms with Crippen LogP contribution in [0.15, 0.2) is 48.5 Å². The Morgan fingerprint density at radius 3 is 2.32 bits per heavy atom. The van der Waals surface area contributed by atoms with Crippen molar-refractivity contribution in [3.8, 4) is 0 Å². The van der Waals surface area contributed by atoms with Crippen LogP contribution in [0.1, 0.15) is 23.6 Å². The lowest BCUT2D eigenvalue weighted by Crippen LogP contribution is -2.30. The Labute approximate surface area is 159 Å². The lowest BCUT2D eigenvalue weighted by atomic mass is 10.1. The van der Waals surface area contributed by atoms with Crippen molar-refractivity contribution in [1.82, 2.24) is 4.90 Å². The van der Waals surface area contributed by atoms with Crippen LogP contribution in [0.25, 0.3) is 0 Å². The van der Waals surface area contributed by atoms with Gasteiger partial charge < -0.3 is 4.74 Å². The van der Waals surface area contributed by atoms with Gasteiger partial charge in [0.15, 0.2) is 0 Å². The van der Waals surface area contributed by atoms with Crippen molar-refractivity contribution in [2.45, 2.75) is 26.2 Å². The number of benzene rings is 2. The third-order valence-electron chi connectivity index (χ3n) is 3.87. The van der Waals surface area contributed by atoms with E-state index < -0.39 is 22.6 Å². The van der Waals surface area contributed by atoms with E-state index >= 15 is 0 Å². The van der Waals surface area contributed by atoms with Crippen LogP contribution in [0, 0.1) is 10.1 Å². The van der Waals surface area contributed by atoms with Crippen LogP contribution in [0.3, 0.4) is 0 Å². The van der Waals surface area contributed by atoms with Gasteiger partial charge in [0.2, 0.25) is 0 Å². The molecule has 0 radical (unpaired) electrons. The average Bonchev–Trinajstić information content (AvgIpc) is 2.61. The summed E-state index contributed by atoms with van der Waals surface area (Å²) < 4.78 is 43.0. The second-order valence-electron chi connectivity index (χ2n) is 6.07. The lowest BCUT2D eigenvalue weighted by Gasteiger charge is -2.22. The van der Waals surface area contributed by atoms with Crippen molar-refractivity contribution in [1.29, 1.82) is 0 Å². The van der Waals surface area contributed by atoms with Gasteiger partial charge in [-0.05, 0) is 30.2 Å². The van der Waals surface area contributed by atoms with Gasteiger partial charge in [-0.1, -0.05) is 24.3 Å². The molecule has 0 aromatic heterocycles. The number of ether oxygens (including phenoxy) is 1. The molecular weight excluding hydrogens is 377 g/mol. The summed E-state index contributed by atoms with van der Waals surface area (Å²) in [5, 5.41) is 10.9. The molecule has 0 amide bonds. The molecule has 0 unspecified atom stereocenters. The van der Waals surface area contributed by atoms with Crippen molar-refractivity contribution >= 4 is 11.7 Å². The number of nitro groups is 1. The monoisotopic (exact) mass is 396 g/mol. The van der Waals surface area contributed by atoms with Gasteiger partial charge in [0.1, 0.15) is 0 Å². The summed E-state index contributed by atoms with van der Waals surface area (Å²) in [6, 6.07) is 10.6. The number of esters is 1. The zero-order valence-electron chi connectivity index (χ0n) is 15.1. The standard InChI is InChI=1S/C19H19F3N2O4/c1-2-28-18(25)13-23(12-15-4-3-5-17(10-15)24(26)27)11-14-6-8-16(9-7-14)19(20,21)22/h3-10H,2,11-13H2,1H3. The topological polar surface area (TPSA) is 72.7 Å². The van der Waals surface area contributed by atoms with Gasteiger partial charge >= 0.3 is 12.1 Å². The van der Waals surface area contributed by atoms with Gasteiger partial charge in [-0.15, -0.1) is 0 Å². The van der Waals surface area contributed by atoms with E-state index in [1.165, 1.54) is 30.3 Å². The second kappa shape index (κ2) is 9.32. The molecule has 28 heavy (non-hydrogen) atoms. The lowest BCUT2D eigenvalue weighted by molar-refractivity contribution is -0.384. The van der Waals surface area contributed by atoms with Crippen molar-refractivity contribution in [3.05, 3.63) is 75.3 Å². The highest BCUT2D eigenvalue weighted by Crippen LogP contribution is 2.29. The molecule has 0 aliphatic carbocycles. The fourth-order valence-corrected chi connectivity index (χ4v) is 2.64. The number of alkyl halides is 3. The number of rotatable bonds is 8. The zero-order valence-corrected chi connectivity index (χ0v) is 15.1. The number of nitro benzene ring substituents is 1. The predicted octanol–water partition coefficient (Wildman–Crippen LogP) is 4.18. The largest absolute Gasteiger partial charge is 0.465 e. The molecule has 0 bridgehead atoms. The normalized spacial score (nSPS) is 11.5. The van der Waals surface area contributed by atoms with Gasteiger partial charge in [-0.2, -0.15) is 13.2 Å². The SMILES string of the molecule is CCOC(=O)CN(Cc1ccc(C(F)(F)F)cc1)Cc1cccc([N+](=O)[O-])c1. The Bertz CT molecular complexity index is 823. The summed E-state index contributed by atoms with van der Waals surface area (Å²) in [7, 11) is 0. The first-order valence-electron chi connectivity index (χ1n) is 8.46. The fraction of sp³-hybridized carbons (Fsp3) is 0.316. The quantitative estimate of drug-likeness (QED) is 0.380. The molecule has 0 aliphatic rings. The first-order chi connectivity index (χ1) is 13.2. The fourth-order valence-electron chi connectivity index (χ4n) is 2.64. The number of carbonyl (C=O) groups is 1. The van der Waals surface area contributed by atoms with E-state index in [1.54, 1.807) is 17.9 Å². The molecule has 150 valence electrons. The molecule has 0 aliphatic heterocycles. The van der Waals surface area contributed by atoms with E-state index in [0.717, 1.165) is 12.1 Å². The van der Waals surface area contributed by atoms with Gasteiger partial charge in [0, 0.05) is 25.2 Å². The van der Waals surface area contributed by atoms with Gasteiger partial charge in [-0.25, -0.2) is 0 Å². The highest BCUT2D eigenvalue weighted by molar-refractivity contribution is 5.71. The molecule has 0 saturated heterocycles. The molecule has 0 atom stereocenters. The van der Waals surface area contributed by atoms with E-state index in [1.807, 2.05) is 0 Å². The average molecular weight is 396 g/mol. The maximum Gasteiger partial charge on any atom is 0.416 e. The molecule has 2 aromatic carbocycles. The summed E-state index contributed by atoms with van der Waals surface area (Å²) in [4.78, 5) is 23.9. The van der Waals surface area contributed by atoms with Crippen LogP contribution >= 0.6 is 0 Å². The smallest absolute Gasteiger partial charge is 0.416 e. The minimum absolute atomic E-state index is 0.0804. The van der Waals surface area contributed by atoms with E-state index in [0.29, 0.717) is 11.1 Å². The van der Waals surface area contributed by atoms with Crippen molar-refractivity contribution in [2.24, 2.45) is 0 Å². The molecular formula is C19H19F3N2O4. The van der Waals surface area contributed by atoms with E-state index in [2.05, 4.69) is 0 Å². The van der Waals surface area contributed by atoms with Crippen LogP contribution in [0.5, 0.6) is 0 Å². The van der Waals surface area contributed by atoms with Crippen LogP contribution in [-0.2, 0) is 28.8 Å². The molecule has 0 N–H and O–H groups in total.